The van der Waals surface area contributed by atoms with Crippen molar-refractivity contribution in [2.45, 2.75) is 20.3 Å². The molecule has 3 aromatic heterocycles. The fourth-order valence-electron chi connectivity index (χ4n) is 2.51. The van der Waals surface area contributed by atoms with Gasteiger partial charge in [-0.05, 0) is 25.5 Å². The lowest BCUT2D eigenvalue weighted by Gasteiger charge is -2.02. The molecular formula is C17H22Cl2N4O. The highest BCUT2D eigenvalue weighted by Gasteiger charge is 2.14. The van der Waals surface area contributed by atoms with E-state index in [-0.39, 0.29) is 24.8 Å². The van der Waals surface area contributed by atoms with Gasteiger partial charge in [0.1, 0.15) is 12.7 Å². The maximum absolute atomic E-state index is 6.15. The van der Waals surface area contributed by atoms with Crippen molar-refractivity contribution in [1.29, 1.82) is 0 Å². The number of nitrogens with two attached hydrogens (primary N) is 1. The summed E-state index contributed by atoms with van der Waals surface area (Å²) in [5.41, 5.74) is 11.1. The van der Waals surface area contributed by atoms with Crippen LogP contribution in [0.5, 0.6) is 5.88 Å². The number of nitrogen functional groups attached to an aromatic ring is 1. The van der Waals surface area contributed by atoms with Crippen LogP contribution in [0.1, 0.15) is 17.0 Å². The van der Waals surface area contributed by atoms with Gasteiger partial charge in [-0.15, -0.1) is 17.5 Å². The summed E-state index contributed by atoms with van der Waals surface area (Å²) in [6.45, 7) is 4.63. The quantitative estimate of drug-likeness (QED) is 0.626. The van der Waals surface area contributed by atoms with Crippen LogP contribution < -0.4 is 27.4 Å². The highest BCUT2D eigenvalue weighted by atomic mass is 35.5. The Balaban J connectivity index is 0.00000144. The highest BCUT2D eigenvalue weighted by Crippen LogP contribution is 2.27. The van der Waals surface area contributed by atoms with E-state index in [1.54, 1.807) is 0 Å². The number of hydrogen-bond acceptors (Lipinski definition) is 3. The Kier molecular flexibility index (Phi) is 6.87. The average Bonchev–Trinajstić information content (AvgIpc) is 2.83. The number of anilines is 1. The van der Waals surface area contributed by atoms with E-state index in [2.05, 4.69) is 28.7 Å². The molecule has 0 radical (unpaired) electrons. The molecule has 0 aliphatic rings. The lowest BCUT2D eigenvalue weighted by molar-refractivity contribution is -0.679. The van der Waals surface area contributed by atoms with E-state index in [0.29, 0.717) is 18.2 Å². The van der Waals surface area contributed by atoms with Crippen molar-refractivity contribution < 1.29 is 21.7 Å². The van der Waals surface area contributed by atoms with Crippen LogP contribution >= 0.6 is 12.4 Å². The molecule has 130 valence electrons. The average molecular weight is 369 g/mol. The van der Waals surface area contributed by atoms with Gasteiger partial charge in [0, 0.05) is 17.8 Å². The summed E-state index contributed by atoms with van der Waals surface area (Å²) in [5, 5.41) is 4.49. The van der Waals surface area contributed by atoms with Crippen molar-refractivity contribution >= 4 is 23.6 Å². The standard InChI is InChI=1S/C17H21N4O.2ClH/c1-12-7-8-15-16(18)17(19-21(15)13(12)2)22-11-9-14-6-4-5-10-20(14)3;;/h4-8,10H,9,11,18H2,1-3H3;2*1H/q+1;;/p-1. The molecule has 0 saturated heterocycles. The minimum Gasteiger partial charge on any atom is -1.00 e. The molecule has 7 heteroatoms. The van der Waals surface area contributed by atoms with Gasteiger partial charge >= 0.3 is 0 Å². The molecule has 0 unspecified atom stereocenters. The Morgan fingerprint density at radius 3 is 2.67 bits per heavy atom. The Labute approximate surface area is 154 Å². The molecule has 3 rings (SSSR count). The first-order valence-corrected chi connectivity index (χ1v) is 7.38. The summed E-state index contributed by atoms with van der Waals surface area (Å²) in [4.78, 5) is 0. The topological polar surface area (TPSA) is 56.4 Å². The fourth-order valence-corrected chi connectivity index (χ4v) is 2.51. The van der Waals surface area contributed by atoms with E-state index in [4.69, 9.17) is 10.5 Å². The van der Waals surface area contributed by atoms with Gasteiger partial charge in [-0.2, -0.15) is 0 Å². The molecule has 0 amide bonds. The Bertz CT molecular complexity index is 833. The number of fused-ring (bicyclic) bond motifs is 1. The molecule has 0 aromatic carbocycles. The van der Waals surface area contributed by atoms with E-state index in [0.717, 1.165) is 17.6 Å². The van der Waals surface area contributed by atoms with Crippen molar-refractivity contribution in [2.75, 3.05) is 12.3 Å². The summed E-state index contributed by atoms with van der Waals surface area (Å²) >= 11 is 0. The van der Waals surface area contributed by atoms with Gasteiger partial charge in [-0.3, -0.25) is 0 Å². The zero-order valence-corrected chi connectivity index (χ0v) is 15.6. The second-order valence-corrected chi connectivity index (χ2v) is 5.52. The van der Waals surface area contributed by atoms with Gasteiger partial charge in [0.05, 0.1) is 18.5 Å². The van der Waals surface area contributed by atoms with E-state index in [9.17, 15) is 0 Å². The van der Waals surface area contributed by atoms with Gasteiger partial charge in [0.2, 0.25) is 0 Å². The van der Waals surface area contributed by atoms with Crippen molar-refractivity contribution in [2.24, 2.45) is 7.05 Å². The predicted molar refractivity (Wildman–Crippen MR) is 93.1 cm³/mol. The molecule has 0 bridgehead atoms. The van der Waals surface area contributed by atoms with E-state index in [1.807, 2.05) is 42.9 Å². The van der Waals surface area contributed by atoms with Crippen molar-refractivity contribution in [3.63, 3.8) is 0 Å². The van der Waals surface area contributed by atoms with Gasteiger partial charge in [-0.1, -0.05) is 12.1 Å². The summed E-state index contributed by atoms with van der Waals surface area (Å²) in [7, 11) is 2.03. The second-order valence-electron chi connectivity index (χ2n) is 5.52. The molecule has 0 atom stereocenters. The van der Waals surface area contributed by atoms with Gasteiger partial charge in [0.25, 0.3) is 5.88 Å². The number of nitrogens with zero attached hydrogens (tertiary/aromatic N) is 3. The molecule has 0 fully saturated rings. The summed E-state index contributed by atoms with van der Waals surface area (Å²) in [5.74, 6) is 0.507. The zero-order chi connectivity index (χ0) is 15.7. The molecule has 0 saturated carbocycles. The molecule has 2 N–H and O–H groups in total. The van der Waals surface area contributed by atoms with Crippen LogP contribution in [-0.2, 0) is 13.5 Å². The van der Waals surface area contributed by atoms with E-state index < -0.39 is 0 Å². The van der Waals surface area contributed by atoms with Gasteiger partial charge < -0.3 is 22.9 Å². The summed E-state index contributed by atoms with van der Waals surface area (Å²) < 4.78 is 9.74. The Hall–Kier alpha value is -1.98. The minimum absolute atomic E-state index is 0. The van der Waals surface area contributed by atoms with Crippen molar-refractivity contribution in [3.8, 4) is 5.88 Å². The third-order valence-electron chi connectivity index (χ3n) is 4.06. The lowest BCUT2D eigenvalue weighted by Crippen LogP contribution is -3.00. The van der Waals surface area contributed by atoms with Crippen LogP contribution in [0.15, 0.2) is 36.5 Å². The molecule has 0 aliphatic heterocycles. The van der Waals surface area contributed by atoms with Crippen LogP contribution in [0.3, 0.4) is 0 Å². The van der Waals surface area contributed by atoms with Crippen LogP contribution in [0.25, 0.3) is 5.52 Å². The Morgan fingerprint density at radius 1 is 1.21 bits per heavy atom. The van der Waals surface area contributed by atoms with Crippen LogP contribution in [0, 0.1) is 13.8 Å². The highest BCUT2D eigenvalue weighted by molar-refractivity contribution is 5.85. The number of hydrogen-bond donors (Lipinski definition) is 1. The zero-order valence-electron chi connectivity index (χ0n) is 14.0. The van der Waals surface area contributed by atoms with Crippen LogP contribution in [-0.4, -0.2) is 16.2 Å². The first-order valence-electron chi connectivity index (χ1n) is 7.38. The first-order chi connectivity index (χ1) is 10.6. The molecule has 5 nitrogen and oxygen atoms in total. The summed E-state index contributed by atoms with van der Waals surface area (Å²) in [6.07, 6.45) is 2.84. The third kappa shape index (κ3) is 3.74. The number of aromatic nitrogens is 3. The van der Waals surface area contributed by atoms with Crippen molar-refractivity contribution in [1.82, 2.24) is 9.61 Å². The first kappa shape index (κ1) is 20.1. The molecule has 0 aliphatic carbocycles. The number of aryl methyl sites for hydroxylation is 3. The molecule has 0 spiro atoms. The fraction of sp³-hybridized carbons (Fsp3) is 0.294. The molecule has 3 aromatic rings. The summed E-state index contributed by atoms with van der Waals surface area (Å²) in [6, 6.07) is 10.2. The number of ether oxygens (including phenoxy) is 1. The maximum atomic E-state index is 6.15. The normalized spacial score (nSPS) is 10.1. The number of rotatable bonds is 4. The SMILES string of the molecule is Cc1ccc2c(N)c(OCCc3cccc[n+]3C)nn2c1C.Cl.[Cl-]. The number of pyridine rings is 2. The van der Waals surface area contributed by atoms with Gasteiger partial charge in [0.15, 0.2) is 11.9 Å². The number of halogens is 2. The molecular weight excluding hydrogens is 347 g/mol. The predicted octanol–water partition coefficient (Wildman–Crippen LogP) is -0.595. The second kappa shape index (κ2) is 8.22. The lowest BCUT2D eigenvalue weighted by atomic mass is 10.2. The minimum atomic E-state index is 0. The van der Waals surface area contributed by atoms with E-state index >= 15 is 0 Å². The smallest absolute Gasteiger partial charge is 0.257 e. The van der Waals surface area contributed by atoms with Gasteiger partial charge in [-0.25, -0.2) is 9.08 Å². The molecule has 24 heavy (non-hydrogen) atoms. The Morgan fingerprint density at radius 2 is 1.96 bits per heavy atom. The third-order valence-corrected chi connectivity index (χ3v) is 4.06. The van der Waals surface area contributed by atoms with Crippen molar-refractivity contribution in [3.05, 3.63) is 53.5 Å². The largest absolute Gasteiger partial charge is 1.00 e. The van der Waals surface area contributed by atoms with Crippen LogP contribution in [0.2, 0.25) is 0 Å². The maximum Gasteiger partial charge on any atom is 0.257 e. The molecule has 3 heterocycles. The monoisotopic (exact) mass is 368 g/mol. The van der Waals surface area contributed by atoms with Crippen LogP contribution in [0.4, 0.5) is 5.69 Å². The van der Waals surface area contributed by atoms with E-state index in [1.165, 1.54) is 11.3 Å².